The molecular formula is C21H20ClF3N2O2S2. The Balaban J connectivity index is 1.69. The minimum absolute atomic E-state index is 0.113. The molecule has 0 saturated carbocycles. The van der Waals surface area contributed by atoms with Gasteiger partial charge in [-0.15, -0.1) is 0 Å². The second-order valence-electron chi connectivity index (χ2n) is 7.86. The van der Waals surface area contributed by atoms with Crippen LogP contribution in [0.4, 0.5) is 18.9 Å². The molecule has 4 nitrogen and oxygen atoms in total. The van der Waals surface area contributed by atoms with Crippen LogP contribution in [-0.2, 0) is 21.8 Å². The van der Waals surface area contributed by atoms with E-state index in [4.69, 9.17) is 11.6 Å². The second kappa shape index (κ2) is 8.01. The summed E-state index contributed by atoms with van der Waals surface area (Å²) in [5.74, 6) is 0.277. The molecule has 0 unspecified atom stereocenters. The first-order valence-electron chi connectivity index (χ1n) is 9.58. The van der Waals surface area contributed by atoms with Gasteiger partial charge >= 0.3 is 6.18 Å². The average Bonchev–Trinajstić information content (AvgIpc) is 3.13. The first kappa shape index (κ1) is 22.5. The fourth-order valence-corrected chi connectivity index (χ4v) is 6.94. The minimum atomic E-state index is -4.54. The first-order chi connectivity index (χ1) is 14.4. The molecule has 0 amide bonds. The molecule has 166 valence electrons. The summed E-state index contributed by atoms with van der Waals surface area (Å²) < 4.78 is 64.3. The highest BCUT2D eigenvalue weighted by Crippen LogP contribution is 2.41. The van der Waals surface area contributed by atoms with Crippen LogP contribution in [0.1, 0.15) is 22.3 Å². The third-order valence-electron chi connectivity index (χ3n) is 5.58. The number of benzene rings is 2. The molecule has 0 spiro atoms. The molecule has 2 aliphatic heterocycles. The van der Waals surface area contributed by atoms with Gasteiger partial charge in [0.2, 0.25) is 0 Å². The van der Waals surface area contributed by atoms with Crippen molar-refractivity contribution < 1.29 is 21.6 Å². The standard InChI is InChI=1S/C21H20ClF3N2O2S2/c1-12-3-4-14(7-13(12)2)9-30-20-26-17-10-31(28,29)11-19(17)27(20)18-8-15(21(23,24)25)5-6-16(18)22/h3-8,17,19H,9-11H2,1-2H3/t17-,19-/m1/s1. The summed E-state index contributed by atoms with van der Waals surface area (Å²) in [4.78, 5) is 6.16. The normalized spacial score (nSPS) is 22.5. The van der Waals surface area contributed by atoms with Gasteiger partial charge < -0.3 is 4.90 Å². The molecular weight excluding hydrogens is 469 g/mol. The van der Waals surface area contributed by atoms with Crippen molar-refractivity contribution >= 4 is 44.1 Å². The number of halogens is 4. The molecule has 2 aromatic rings. The zero-order chi connectivity index (χ0) is 22.6. The monoisotopic (exact) mass is 488 g/mol. The van der Waals surface area contributed by atoms with Gasteiger partial charge in [0.1, 0.15) is 0 Å². The number of amidine groups is 1. The third-order valence-corrected chi connectivity index (χ3v) is 8.64. The van der Waals surface area contributed by atoms with Gasteiger partial charge in [0.15, 0.2) is 15.0 Å². The van der Waals surface area contributed by atoms with Crippen LogP contribution in [0.15, 0.2) is 41.4 Å². The summed E-state index contributed by atoms with van der Waals surface area (Å²) >= 11 is 7.66. The highest BCUT2D eigenvalue weighted by Gasteiger charge is 2.48. The van der Waals surface area contributed by atoms with E-state index in [-0.39, 0.29) is 22.2 Å². The van der Waals surface area contributed by atoms with Crippen LogP contribution >= 0.6 is 23.4 Å². The van der Waals surface area contributed by atoms with Gasteiger partial charge in [0.25, 0.3) is 0 Å². The van der Waals surface area contributed by atoms with Gasteiger partial charge in [0.05, 0.1) is 39.9 Å². The molecule has 2 atom stereocenters. The summed E-state index contributed by atoms with van der Waals surface area (Å²) in [6.45, 7) is 4.03. The van der Waals surface area contributed by atoms with Crippen molar-refractivity contribution in [3.63, 3.8) is 0 Å². The summed E-state index contributed by atoms with van der Waals surface area (Å²) in [6.07, 6.45) is -4.54. The molecule has 0 radical (unpaired) electrons. The summed E-state index contributed by atoms with van der Waals surface area (Å²) in [6, 6.07) is 8.09. The van der Waals surface area contributed by atoms with Gasteiger partial charge in [-0.3, -0.25) is 4.99 Å². The molecule has 0 N–H and O–H groups in total. The Morgan fingerprint density at radius 2 is 1.87 bits per heavy atom. The van der Waals surface area contributed by atoms with Gasteiger partial charge in [-0.25, -0.2) is 8.42 Å². The topological polar surface area (TPSA) is 49.7 Å². The number of hydrogen-bond acceptors (Lipinski definition) is 5. The van der Waals surface area contributed by atoms with E-state index in [1.165, 1.54) is 23.4 Å². The van der Waals surface area contributed by atoms with Crippen LogP contribution in [0, 0.1) is 13.8 Å². The molecule has 0 bridgehead atoms. The van der Waals surface area contributed by atoms with Gasteiger partial charge in [-0.1, -0.05) is 41.6 Å². The van der Waals surface area contributed by atoms with Crippen LogP contribution in [0.5, 0.6) is 0 Å². The molecule has 2 heterocycles. The number of thioether (sulfide) groups is 1. The number of nitrogens with zero attached hydrogens (tertiary/aromatic N) is 2. The number of alkyl halides is 3. The number of anilines is 1. The largest absolute Gasteiger partial charge is 0.416 e. The molecule has 0 aromatic heterocycles. The summed E-state index contributed by atoms with van der Waals surface area (Å²) in [5, 5.41) is 0.613. The van der Waals surface area contributed by atoms with Gasteiger partial charge in [-0.05, 0) is 48.7 Å². The van der Waals surface area contributed by atoms with Crippen molar-refractivity contribution in [1.82, 2.24) is 0 Å². The van der Waals surface area contributed by atoms with E-state index in [1.54, 1.807) is 4.90 Å². The van der Waals surface area contributed by atoms with E-state index in [9.17, 15) is 21.6 Å². The van der Waals surface area contributed by atoms with Crippen LogP contribution in [0.2, 0.25) is 5.02 Å². The zero-order valence-electron chi connectivity index (χ0n) is 16.8. The maximum absolute atomic E-state index is 13.3. The fourth-order valence-electron chi connectivity index (χ4n) is 3.83. The molecule has 2 aliphatic rings. The van der Waals surface area contributed by atoms with Gasteiger partial charge in [-0.2, -0.15) is 13.2 Å². The maximum Gasteiger partial charge on any atom is 0.416 e. The van der Waals surface area contributed by atoms with E-state index in [1.807, 2.05) is 26.0 Å². The first-order valence-corrected chi connectivity index (χ1v) is 12.8. The maximum atomic E-state index is 13.3. The second-order valence-corrected chi connectivity index (χ2v) is 11.4. The van der Waals surface area contributed by atoms with Crippen LogP contribution in [-0.4, -0.2) is 37.2 Å². The Kier molecular flexibility index (Phi) is 5.81. The Bertz CT molecular complexity index is 1170. The summed E-state index contributed by atoms with van der Waals surface area (Å²) in [7, 11) is -3.32. The lowest BCUT2D eigenvalue weighted by Crippen LogP contribution is -2.39. The van der Waals surface area contributed by atoms with E-state index in [0.717, 1.165) is 23.3 Å². The number of fused-ring (bicyclic) bond motifs is 1. The smallest absolute Gasteiger partial charge is 0.313 e. The molecule has 31 heavy (non-hydrogen) atoms. The molecule has 1 saturated heterocycles. The number of aliphatic imine (C=N–C) groups is 1. The molecule has 10 heteroatoms. The summed E-state index contributed by atoms with van der Waals surface area (Å²) in [5.41, 5.74) is 2.66. The third kappa shape index (κ3) is 4.59. The quantitative estimate of drug-likeness (QED) is 0.592. The number of aryl methyl sites for hydroxylation is 2. The van der Waals surface area contributed by atoms with Crippen molar-refractivity contribution in [1.29, 1.82) is 0 Å². The minimum Gasteiger partial charge on any atom is -0.313 e. The predicted octanol–water partition coefficient (Wildman–Crippen LogP) is 5.25. The number of hydrogen-bond donors (Lipinski definition) is 0. The fraction of sp³-hybridized carbons (Fsp3) is 0.381. The Morgan fingerprint density at radius 3 is 2.55 bits per heavy atom. The Morgan fingerprint density at radius 1 is 1.13 bits per heavy atom. The lowest BCUT2D eigenvalue weighted by molar-refractivity contribution is -0.137. The lowest BCUT2D eigenvalue weighted by Gasteiger charge is -2.28. The Labute approximate surface area is 188 Å². The van der Waals surface area contributed by atoms with Crippen LogP contribution < -0.4 is 4.90 Å². The van der Waals surface area contributed by atoms with Crippen molar-refractivity contribution in [2.45, 2.75) is 37.9 Å². The van der Waals surface area contributed by atoms with Crippen molar-refractivity contribution in [3.05, 3.63) is 63.7 Å². The average molecular weight is 489 g/mol. The van der Waals surface area contributed by atoms with Gasteiger partial charge in [0, 0.05) is 5.75 Å². The molecule has 4 rings (SSSR count). The SMILES string of the molecule is Cc1ccc(CSC2=N[C@@H]3CS(=O)(=O)C[C@H]3N2c2cc(C(F)(F)F)ccc2Cl)cc1C. The van der Waals surface area contributed by atoms with E-state index in [2.05, 4.69) is 11.1 Å². The van der Waals surface area contributed by atoms with E-state index < -0.39 is 33.7 Å². The number of rotatable bonds is 3. The van der Waals surface area contributed by atoms with E-state index in [0.29, 0.717) is 10.9 Å². The van der Waals surface area contributed by atoms with E-state index >= 15 is 0 Å². The highest BCUT2D eigenvalue weighted by molar-refractivity contribution is 8.13. The van der Waals surface area contributed by atoms with Crippen LogP contribution in [0.25, 0.3) is 0 Å². The molecule has 1 fully saturated rings. The number of sulfone groups is 1. The van der Waals surface area contributed by atoms with Crippen molar-refractivity contribution in [2.24, 2.45) is 4.99 Å². The molecule has 0 aliphatic carbocycles. The lowest BCUT2D eigenvalue weighted by atomic mass is 10.1. The predicted molar refractivity (Wildman–Crippen MR) is 120 cm³/mol. The molecule has 2 aromatic carbocycles. The van der Waals surface area contributed by atoms with Crippen molar-refractivity contribution in [2.75, 3.05) is 16.4 Å². The van der Waals surface area contributed by atoms with Crippen LogP contribution in [0.3, 0.4) is 0 Å². The zero-order valence-corrected chi connectivity index (χ0v) is 19.2. The Hall–Kier alpha value is -1.71. The van der Waals surface area contributed by atoms with Crippen molar-refractivity contribution in [3.8, 4) is 0 Å². The highest BCUT2D eigenvalue weighted by atomic mass is 35.5.